The molecule has 0 atom stereocenters. The number of fused-ring (bicyclic) bond motifs is 9. The first-order chi connectivity index (χ1) is 19.8. The molecule has 0 radical (unpaired) electrons. The number of pyridine rings is 1. The number of aromatic nitrogens is 1. The molecule has 0 fully saturated rings. The summed E-state index contributed by atoms with van der Waals surface area (Å²) in [7, 11) is 0. The number of para-hydroxylation sites is 2. The maximum Gasteiger partial charge on any atom is 0.135 e. The molecule has 40 heavy (non-hydrogen) atoms. The Kier molecular flexibility index (Phi) is 4.35. The van der Waals surface area contributed by atoms with Gasteiger partial charge in [-0.15, -0.1) is 12.2 Å². The Labute approximate surface area is 229 Å². The highest BCUT2D eigenvalue weighted by atomic mass is 16.3. The van der Waals surface area contributed by atoms with Crippen LogP contribution in [0.3, 0.4) is 0 Å². The normalized spacial score (nSPS) is 13.2. The minimum absolute atomic E-state index is 0.612. The van der Waals surface area contributed by atoms with Crippen molar-refractivity contribution in [3.05, 3.63) is 126 Å². The van der Waals surface area contributed by atoms with Crippen molar-refractivity contribution >= 4 is 72.1 Å². The van der Waals surface area contributed by atoms with Crippen LogP contribution in [0.5, 0.6) is 0 Å². The molecule has 0 saturated heterocycles. The molecule has 8 aromatic rings. The molecular weight excluding hydrogens is 492 g/mol. The smallest absolute Gasteiger partial charge is 0.135 e. The van der Waals surface area contributed by atoms with Crippen molar-refractivity contribution < 1.29 is 8.83 Å². The average molecular weight is 514 g/mol. The zero-order valence-corrected chi connectivity index (χ0v) is 21.4. The van der Waals surface area contributed by atoms with Crippen molar-refractivity contribution in [2.24, 2.45) is 0 Å². The molecule has 0 saturated carbocycles. The van der Waals surface area contributed by atoms with Gasteiger partial charge in [0.25, 0.3) is 0 Å². The minimum atomic E-state index is 0.612. The lowest BCUT2D eigenvalue weighted by molar-refractivity contribution is 0.668. The lowest BCUT2D eigenvalue weighted by Gasteiger charge is -2.32. The van der Waals surface area contributed by atoms with Gasteiger partial charge in [0.15, 0.2) is 0 Å². The van der Waals surface area contributed by atoms with Gasteiger partial charge < -0.3 is 14.2 Å². The molecule has 5 aromatic carbocycles. The van der Waals surface area contributed by atoms with E-state index in [9.17, 15) is 0 Å². The van der Waals surface area contributed by atoms with Crippen molar-refractivity contribution in [1.29, 1.82) is 0 Å². The van der Waals surface area contributed by atoms with Crippen LogP contribution in [-0.2, 0) is 0 Å². The van der Waals surface area contributed by atoms with Gasteiger partial charge in [0.1, 0.15) is 22.3 Å². The van der Waals surface area contributed by atoms with Gasteiger partial charge in [0.05, 0.1) is 5.52 Å². The fourth-order valence-corrected chi connectivity index (χ4v) is 6.05. The summed E-state index contributed by atoms with van der Waals surface area (Å²) in [6, 6.07) is 35.6. The molecule has 1 aliphatic rings. The van der Waals surface area contributed by atoms with Crippen molar-refractivity contribution in [2.45, 2.75) is 0 Å². The van der Waals surface area contributed by atoms with Gasteiger partial charge in [-0.1, -0.05) is 72.3 Å². The zero-order chi connectivity index (χ0) is 26.2. The summed E-state index contributed by atoms with van der Waals surface area (Å²) in [4.78, 5) is 4.91. The van der Waals surface area contributed by atoms with Crippen molar-refractivity contribution in [1.82, 2.24) is 4.98 Å². The Morgan fingerprint density at radius 1 is 0.575 bits per heavy atom. The van der Waals surface area contributed by atoms with Gasteiger partial charge >= 0.3 is 0 Å². The summed E-state index contributed by atoms with van der Waals surface area (Å²) in [5.41, 5.74) is 11.2. The first-order valence-corrected chi connectivity index (χ1v) is 13.4. The molecule has 0 bridgehead atoms. The quantitative estimate of drug-likeness (QED) is 0.231. The summed E-state index contributed by atoms with van der Waals surface area (Å²) >= 11 is 0. The lowest BCUT2D eigenvalue weighted by atomic mass is 9.95. The first-order valence-electron chi connectivity index (χ1n) is 13.4. The topological polar surface area (TPSA) is 53.3 Å². The van der Waals surface area contributed by atoms with Crippen LogP contribution in [0, 0.1) is 0 Å². The van der Waals surface area contributed by atoms with E-state index in [1.165, 1.54) is 11.1 Å². The predicted octanol–water partition coefficient (Wildman–Crippen LogP) is 10.3. The van der Waals surface area contributed by atoms with Crippen molar-refractivity contribution in [3.63, 3.8) is 0 Å². The van der Waals surface area contributed by atoms with Gasteiger partial charge in [-0.3, -0.25) is 4.98 Å². The molecule has 9 rings (SSSR count). The van der Waals surface area contributed by atoms with E-state index in [1.807, 2.05) is 42.6 Å². The third kappa shape index (κ3) is 3.17. The SMILES string of the molecule is C1=C(c2ccc3oc4ccccc4c3c2)C[N-]c2c1ccc1cc(-c3ccc4oc5ccccc5c4c3)cnc21. The second kappa shape index (κ2) is 8.08. The molecule has 0 aliphatic carbocycles. The first kappa shape index (κ1) is 21.6. The van der Waals surface area contributed by atoms with Crippen LogP contribution in [0.1, 0.15) is 11.1 Å². The molecule has 188 valence electrons. The highest BCUT2D eigenvalue weighted by Gasteiger charge is 2.13. The van der Waals surface area contributed by atoms with E-state index >= 15 is 0 Å². The van der Waals surface area contributed by atoms with E-state index in [2.05, 4.69) is 72.8 Å². The summed E-state index contributed by atoms with van der Waals surface area (Å²) in [5.74, 6) is 0. The highest BCUT2D eigenvalue weighted by molar-refractivity contribution is 6.09. The Morgan fingerprint density at radius 3 is 1.98 bits per heavy atom. The molecule has 0 N–H and O–H groups in total. The average Bonchev–Trinajstić information content (AvgIpc) is 3.58. The fourth-order valence-electron chi connectivity index (χ4n) is 6.05. The largest absolute Gasteiger partial charge is 0.678 e. The van der Waals surface area contributed by atoms with Crippen molar-refractivity contribution in [2.75, 3.05) is 6.54 Å². The van der Waals surface area contributed by atoms with Gasteiger partial charge in [-0.2, -0.15) is 0 Å². The Balaban J connectivity index is 1.11. The Bertz CT molecular complexity index is 2340. The van der Waals surface area contributed by atoms with Crippen LogP contribution >= 0.6 is 0 Å². The van der Waals surface area contributed by atoms with E-state index < -0.39 is 0 Å². The van der Waals surface area contributed by atoms with Crippen LogP contribution < -0.4 is 0 Å². The molecule has 1 aliphatic heterocycles. The fraction of sp³-hybridized carbons (Fsp3) is 0.0278. The van der Waals surface area contributed by atoms with Crippen LogP contribution in [0.2, 0.25) is 0 Å². The van der Waals surface area contributed by atoms with Crippen molar-refractivity contribution in [3.8, 4) is 11.1 Å². The van der Waals surface area contributed by atoms with Crippen LogP contribution in [0.15, 0.2) is 118 Å². The van der Waals surface area contributed by atoms with E-state index in [1.54, 1.807) is 0 Å². The monoisotopic (exact) mass is 513 g/mol. The standard InChI is InChI=1S/C36H21N2O2/c1-3-7-31-27(5-1)29-17-21(11-13-33(29)39-31)25-15-23-9-10-24-16-26(20-38-36(24)35(23)37-19-25)22-12-14-34-30(18-22)28-6-2-4-8-32(28)40-34/h1-19H,20H2/q-1. The van der Waals surface area contributed by atoms with Gasteiger partial charge in [0.2, 0.25) is 0 Å². The third-order valence-electron chi connectivity index (χ3n) is 8.05. The molecule has 3 aromatic heterocycles. The molecule has 0 amide bonds. The van der Waals surface area contributed by atoms with Crippen LogP contribution in [0.25, 0.3) is 82.9 Å². The third-order valence-corrected chi connectivity index (χ3v) is 8.05. The van der Waals surface area contributed by atoms with E-state index in [0.717, 1.165) is 77.2 Å². The van der Waals surface area contributed by atoms with Gasteiger partial charge in [0, 0.05) is 33.3 Å². The van der Waals surface area contributed by atoms with Gasteiger partial charge in [-0.25, -0.2) is 0 Å². The number of rotatable bonds is 2. The number of hydrogen-bond donors (Lipinski definition) is 0. The van der Waals surface area contributed by atoms with Crippen LogP contribution in [-0.4, -0.2) is 11.5 Å². The Hall–Kier alpha value is -5.35. The molecule has 4 nitrogen and oxygen atoms in total. The second-order valence-corrected chi connectivity index (χ2v) is 10.4. The van der Waals surface area contributed by atoms with Gasteiger partial charge in [-0.05, 0) is 64.5 Å². The summed E-state index contributed by atoms with van der Waals surface area (Å²) < 4.78 is 12.0. The minimum Gasteiger partial charge on any atom is -0.678 e. The molecule has 4 heteroatoms. The summed E-state index contributed by atoms with van der Waals surface area (Å²) in [5, 5.41) is 10.6. The van der Waals surface area contributed by atoms with E-state index in [4.69, 9.17) is 19.1 Å². The maximum absolute atomic E-state index is 6.02. The number of hydrogen-bond acceptors (Lipinski definition) is 3. The maximum atomic E-state index is 6.02. The number of nitrogens with zero attached hydrogens (tertiary/aromatic N) is 2. The summed E-state index contributed by atoms with van der Waals surface area (Å²) in [6.07, 6.45) is 4.21. The van der Waals surface area contributed by atoms with E-state index in [-0.39, 0.29) is 0 Å². The highest BCUT2D eigenvalue weighted by Crippen LogP contribution is 2.42. The summed E-state index contributed by atoms with van der Waals surface area (Å²) in [6.45, 7) is 0.612. The number of furan rings is 2. The van der Waals surface area contributed by atoms with Crippen LogP contribution in [0.4, 0.5) is 5.69 Å². The lowest BCUT2D eigenvalue weighted by Crippen LogP contribution is -1.98. The number of benzene rings is 5. The van der Waals surface area contributed by atoms with E-state index in [0.29, 0.717) is 6.54 Å². The Morgan fingerprint density at radius 2 is 1.23 bits per heavy atom. The second-order valence-electron chi connectivity index (χ2n) is 10.4. The molecule has 4 heterocycles. The molecular formula is C36H21N2O2-. The molecule has 0 unspecified atom stereocenters. The predicted molar refractivity (Wildman–Crippen MR) is 164 cm³/mol. The molecule has 0 spiro atoms. The zero-order valence-electron chi connectivity index (χ0n) is 21.4.